The number of rotatable bonds is 0. The molecule has 5 heteroatoms. The maximum absolute atomic E-state index is 11.3. The molecule has 1 heterocycles. The van der Waals surface area contributed by atoms with Crippen LogP contribution in [-0.4, -0.2) is 4.21 Å². The molecule has 1 aliphatic heterocycles. The van der Waals surface area contributed by atoms with Gasteiger partial charge in [0.15, 0.2) is 0 Å². The van der Waals surface area contributed by atoms with E-state index in [0.717, 1.165) is 10.4 Å². The molecular weight excluding hydrogens is 130 g/mol. The van der Waals surface area contributed by atoms with Gasteiger partial charge in [0.25, 0.3) is 0 Å². The highest BCUT2D eigenvalue weighted by Gasteiger charge is 2.29. The smallest absolute Gasteiger partial charge is 0.0930 e. The van der Waals surface area contributed by atoms with Gasteiger partial charge < -0.3 is 0 Å². The molecule has 0 saturated carbocycles. The Morgan fingerprint density at radius 2 is 2.20 bits per heavy atom. The van der Waals surface area contributed by atoms with E-state index in [4.69, 9.17) is 0 Å². The summed E-state index contributed by atoms with van der Waals surface area (Å²) >= 11 is 0. The molecule has 0 aromatic carbocycles. The highest BCUT2D eigenvalue weighted by Crippen LogP contribution is 2.71. The molecule has 1 saturated heterocycles. The van der Waals surface area contributed by atoms with Gasteiger partial charge in [0.2, 0.25) is 0 Å². The summed E-state index contributed by atoms with van der Waals surface area (Å²) in [6.45, 7) is 0.0656. The monoisotopic (exact) mass is 132 g/mol. The van der Waals surface area contributed by atoms with Crippen LogP contribution in [0.2, 0.25) is 0 Å². The van der Waals surface area contributed by atoms with E-state index in [2.05, 4.69) is 0 Å². The maximum Gasteiger partial charge on any atom is 0.0930 e. The van der Waals surface area contributed by atoms with Crippen LogP contribution < -0.4 is 0 Å². The zero-order valence-electron chi connectivity index (χ0n) is 2.14. The molecule has 0 amide bonds. The Hall–Kier alpha value is 0.860. The lowest BCUT2D eigenvalue weighted by Gasteiger charge is -1.66. The molecule has 0 spiro atoms. The summed E-state index contributed by atoms with van der Waals surface area (Å²) in [6.07, 6.45) is 0. The molecule has 5 heavy (non-hydrogen) atoms. The second-order valence-corrected chi connectivity index (χ2v) is 10.5. The van der Waals surface area contributed by atoms with Crippen LogP contribution in [0.3, 0.4) is 0 Å². The summed E-state index contributed by atoms with van der Waals surface area (Å²) in [5.41, 5.74) is 0. The van der Waals surface area contributed by atoms with E-state index < -0.39 is 8.97 Å². The minimum Gasteiger partial charge on any atom is -0.241 e. The van der Waals surface area contributed by atoms with Crippen molar-refractivity contribution < 1.29 is 8.09 Å². The Labute approximate surface area is 35.1 Å². The molecule has 1 fully saturated rings. The SMILES string of the molecule is O=[SH]1(F)PS1. The van der Waals surface area contributed by atoms with Crippen LogP contribution in [-0.2, 0) is 8.97 Å². The van der Waals surface area contributed by atoms with Gasteiger partial charge in [0.05, 0.1) is 16.0 Å². The normalized spacial score (nSPS) is 41.0. The molecular formula is H2FOPS2. The molecule has 1 aliphatic rings. The molecule has 1 unspecified atom stereocenters. The Morgan fingerprint density at radius 3 is 2.20 bits per heavy atom. The lowest BCUT2D eigenvalue weighted by Crippen LogP contribution is -1.54. The van der Waals surface area contributed by atoms with Gasteiger partial charge >= 0.3 is 0 Å². The first-order valence-electron chi connectivity index (χ1n) is 0.962. The molecule has 0 bridgehead atoms. The average Bonchev–Trinajstić information content (AvgIpc) is 1.76. The molecule has 0 aromatic rings. The molecule has 1 rings (SSSR count). The van der Waals surface area contributed by atoms with Gasteiger partial charge in [0.1, 0.15) is 0 Å². The second kappa shape index (κ2) is 0.922. The molecule has 0 radical (unpaired) electrons. The predicted octanol–water partition coefficient (Wildman–Crippen LogP) is 1.06. The summed E-state index contributed by atoms with van der Waals surface area (Å²) < 4.78 is 21.0. The van der Waals surface area contributed by atoms with Crippen LogP contribution in [0.1, 0.15) is 0 Å². The lowest BCUT2D eigenvalue weighted by molar-refractivity contribution is 0.660. The summed E-state index contributed by atoms with van der Waals surface area (Å²) in [5.74, 6) is 0. The molecule has 0 N–H and O–H groups in total. The van der Waals surface area contributed by atoms with Crippen molar-refractivity contribution in [2.45, 2.75) is 0 Å². The van der Waals surface area contributed by atoms with Gasteiger partial charge in [-0.3, -0.25) is 0 Å². The van der Waals surface area contributed by atoms with Crippen molar-refractivity contribution in [3.8, 4) is 0 Å². The molecule has 32 valence electrons. The van der Waals surface area contributed by atoms with Crippen molar-refractivity contribution in [1.82, 2.24) is 0 Å². The quantitative estimate of drug-likeness (QED) is 0.174. The van der Waals surface area contributed by atoms with Gasteiger partial charge in [-0.15, -0.1) is 3.89 Å². The molecule has 0 aliphatic carbocycles. The number of halogens is 1. The van der Waals surface area contributed by atoms with Gasteiger partial charge in [-0.1, -0.05) is 0 Å². The third kappa shape index (κ3) is 1.16. The van der Waals surface area contributed by atoms with Crippen LogP contribution in [0, 0.1) is 0 Å². The van der Waals surface area contributed by atoms with Crippen molar-refractivity contribution in [3.05, 3.63) is 0 Å². The third-order valence-corrected chi connectivity index (χ3v) is 6.34. The number of thiol groups is 1. The van der Waals surface area contributed by atoms with Gasteiger partial charge in [-0.05, 0) is 10.4 Å². The van der Waals surface area contributed by atoms with E-state index in [-0.39, 0.29) is 6.98 Å². The first-order chi connectivity index (χ1) is 2.21. The largest absolute Gasteiger partial charge is 0.241 e. The van der Waals surface area contributed by atoms with E-state index in [1.165, 1.54) is 0 Å². The Balaban J connectivity index is 2.72. The Kier molecular flexibility index (Phi) is 0.744. The van der Waals surface area contributed by atoms with E-state index in [9.17, 15) is 8.09 Å². The highest BCUT2D eigenvalue weighted by atomic mass is 33.8. The maximum atomic E-state index is 11.3. The molecule has 1 nitrogen and oxygen atoms in total. The van der Waals surface area contributed by atoms with E-state index in [1.807, 2.05) is 0 Å². The first-order valence-corrected chi connectivity index (χ1v) is 6.55. The standard InChI is InChI=1S/FH2OPS2/c1-5(2)3-4-5/h3,5H. The van der Waals surface area contributed by atoms with Crippen molar-refractivity contribution in [3.63, 3.8) is 0 Å². The summed E-state index contributed by atoms with van der Waals surface area (Å²) in [7, 11) is -2.00. The highest BCUT2D eigenvalue weighted by molar-refractivity contribution is 9.38. The van der Waals surface area contributed by atoms with E-state index >= 15 is 0 Å². The Bertz CT molecular complexity index is 81.6. The first kappa shape index (κ1) is 4.03. The number of hydrogen-bond donors (Lipinski definition) is 1. The minimum absolute atomic E-state index is 0.0656. The van der Waals surface area contributed by atoms with Crippen molar-refractivity contribution in [1.29, 1.82) is 0 Å². The van der Waals surface area contributed by atoms with Crippen LogP contribution >= 0.6 is 17.4 Å². The van der Waals surface area contributed by atoms with Crippen LogP contribution in [0.15, 0.2) is 0 Å². The Morgan fingerprint density at radius 1 is 2.00 bits per heavy atom. The molecule has 1 atom stereocenters. The fourth-order valence-corrected chi connectivity index (χ4v) is 2.60. The summed E-state index contributed by atoms with van der Waals surface area (Å²) in [5, 5.41) is 0. The van der Waals surface area contributed by atoms with Crippen molar-refractivity contribution in [2.24, 2.45) is 0 Å². The number of hydrogen-bond acceptors (Lipinski definition) is 2. The van der Waals surface area contributed by atoms with Gasteiger partial charge in [-0.25, -0.2) is 4.21 Å². The lowest BCUT2D eigenvalue weighted by atomic mass is 16.0. The van der Waals surface area contributed by atoms with Crippen molar-refractivity contribution in [2.75, 3.05) is 0 Å². The average molecular weight is 132 g/mol. The van der Waals surface area contributed by atoms with Gasteiger partial charge in [0, 0.05) is 0 Å². The van der Waals surface area contributed by atoms with Crippen LogP contribution in [0.4, 0.5) is 3.89 Å². The topological polar surface area (TPSA) is 17.1 Å². The fourth-order valence-electron chi connectivity index (χ4n) is 0.0321. The van der Waals surface area contributed by atoms with E-state index in [0.29, 0.717) is 0 Å². The zero-order chi connectivity index (χ0) is 3.91. The zero-order valence-corrected chi connectivity index (χ0v) is 4.85. The minimum atomic E-state index is -2.94. The summed E-state index contributed by atoms with van der Waals surface area (Å²) in [4.78, 5) is 0. The van der Waals surface area contributed by atoms with Crippen LogP contribution in [0.5, 0.6) is 0 Å². The second-order valence-electron chi connectivity index (χ2n) is 0.662. The van der Waals surface area contributed by atoms with Crippen molar-refractivity contribution >= 4 is 26.4 Å². The summed E-state index contributed by atoms with van der Waals surface area (Å²) in [6, 6.07) is 0. The predicted molar refractivity (Wildman–Crippen MR) is 26.6 cm³/mol. The van der Waals surface area contributed by atoms with E-state index in [1.54, 1.807) is 0 Å². The molecule has 0 aromatic heterocycles. The fraction of sp³-hybridized carbons (Fsp3) is 0. The van der Waals surface area contributed by atoms with Gasteiger partial charge in [-0.2, -0.15) is 0 Å². The van der Waals surface area contributed by atoms with Crippen LogP contribution in [0.25, 0.3) is 0 Å². The third-order valence-electron chi connectivity index (χ3n) is 0.235.